The smallest absolute Gasteiger partial charge is 0.272 e. The van der Waals surface area contributed by atoms with Gasteiger partial charge in [0.25, 0.3) is 5.91 Å². The second-order valence-electron chi connectivity index (χ2n) is 6.25. The summed E-state index contributed by atoms with van der Waals surface area (Å²) >= 11 is 1.65. The number of benzene rings is 1. The van der Waals surface area contributed by atoms with E-state index in [-0.39, 0.29) is 11.9 Å². The predicted octanol–water partition coefficient (Wildman–Crippen LogP) is 3.94. The Morgan fingerprint density at radius 2 is 2.00 bits per heavy atom. The minimum atomic E-state index is -0.204. The Bertz CT molecular complexity index is 862. The molecule has 0 fully saturated rings. The van der Waals surface area contributed by atoms with E-state index in [4.69, 9.17) is 0 Å². The quantitative estimate of drug-likeness (QED) is 0.776. The van der Waals surface area contributed by atoms with E-state index >= 15 is 0 Å². The SMILES string of the molecule is O=C(N[C@H](c1ccc2c(c1)CCCC2)c1cccs1)c1cnccn1. The maximum Gasteiger partial charge on any atom is 0.272 e. The first-order valence-electron chi connectivity index (χ1n) is 8.53. The number of amides is 1. The summed E-state index contributed by atoms with van der Waals surface area (Å²) < 4.78 is 0. The van der Waals surface area contributed by atoms with E-state index in [9.17, 15) is 4.79 Å². The fraction of sp³-hybridized carbons (Fsp3) is 0.250. The van der Waals surface area contributed by atoms with E-state index in [2.05, 4.69) is 39.6 Å². The Morgan fingerprint density at radius 3 is 2.76 bits per heavy atom. The zero-order valence-corrected chi connectivity index (χ0v) is 14.6. The number of carbonyl (C=O) groups excluding carboxylic acids is 1. The highest BCUT2D eigenvalue weighted by Gasteiger charge is 2.21. The van der Waals surface area contributed by atoms with Gasteiger partial charge >= 0.3 is 0 Å². The molecule has 25 heavy (non-hydrogen) atoms. The van der Waals surface area contributed by atoms with E-state index < -0.39 is 0 Å². The van der Waals surface area contributed by atoms with Crippen LogP contribution in [-0.4, -0.2) is 15.9 Å². The van der Waals surface area contributed by atoms with E-state index in [1.54, 1.807) is 17.5 Å². The molecule has 0 saturated heterocycles. The van der Waals surface area contributed by atoms with Crippen LogP contribution in [0.15, 0.2) is 54.3 Å². The third-order valence-corrected chi connectivity index (χ3v) is 5.54. The molecule has 5 heteroatoms. The second kappa shape index (κ2) is 7.15. The third kappa shape index (κ3) is 3.46. The number of rotatable bonds is 4. The van der Waals surface area contributed by atoms with E-state index in [0.717, 1.165) is 23.3 Å². The molecule has 1 amide bonds. The topological polar surface area (TPSA) is 54.9 Å². The first kappa shape index (κ1) is 16.0. The lowest BCUT2D eigenvalue weighted by Crippen LogP contribution is -2.29. The van der Waals surface area contributed by atoms with Crippen LogP contribution in [0.1, 0.15) is 50.9 Å². The molecule has 2 aromatic heterocycles. The highest BCUT2D eigenvalue weighted by Crippen LogP contribution is 2.30. The number of nitrogens with one attached hydrogen (secondary N) is 1. The number of aryl methyl sites for hydroxylation is 2. The van der Waals surface area contributed by atoms with E-state index in [0.29, 0.717) is 5.69 Å². The van der Waals surface area contributed by atoms with Gasteiger partial charge in [0.1, 0.15) is 5.69 Å². The van der Waals surface area contributed by atoms with Crippen molar-refractivity contribution in [1.82, 2.24) is 15.3 Å². The van der Waals surface area contributed by atoms with Crippen LogP contribution >= 0.6 is 11.3 Å². The van der Waals surface area contributed by atoms with Gasteiger partial charge in [-0.05, 0) is 53.8 Å². The lowest BCUT2D eigenvalue weighted by atomic mass is 9.89. The Kier molecular flexibility index (Phi) is 4.57. The highest BCUT2D eigenvalue weighted by atomic mass is 32.1. The summed E-state index contributed by atoms with van der Waals surface area (Å²) in [5.74, 6) is -0.204. The average Bonchev–Trinajstić information content (AvgIpc) is 3.20. The van der Waals surface area contributed by atoms with Gasteiger partial charge in [-0.15, -0.1) is 11.3 Å². The van der Waals surface area contributed by atoms with Gasteiger partial charge in [-0.3, -0.25) is 9.78 Å². The van der Waals surface area contributed by atoms with Gasteiger partial charge < -0.3 is 5.32 Å². The summed E-state index contributed by atoms with van der Waals surface area (Å²) in [6.45, 7) is 0. The minimum absolute atomic E-state index is 0.165. The van der Waals surface area contributed by atoms with Crippen molar-refractivity contribution in [2.24, 2.45) is 0 Å². The van der Waals surface area contributed by atoms with Crippen LogP contribution in [0.5, 0.6) is 0 Å². The molecule has 0 spiro atoms. The molecular formula is C20H19N3OS. The van der Waals surface area contributed by atoms with Gasteiger partial charge in [0.2, 0.25) is 0 Å². The number of hydrogen-bond donors (Lipinski definition) is 1. The number of carbonyl (C=O) groups is 1. The molecule has 0 unspecified atom stereocenters. The van der Waals surface area contributed by atoms with E-state index in [1.807, 2.05) is 11.4 Å². The molecule has 1 aliphatic rings. The van der Waals surface area contributed by atoms with E-state index in [1.165, 1.54) is 36.4 Å². The summed E-state index contributed by atoms with van der Waals surface area (Å²) in [4.78, 5) is 21.8. The number of thiophene rings is 1. The lowest BCUT2D eigenvalue weighted by molar-refractivity contribution is 0.0938. The molecule has 4 nitrogen and oxygen atoms in total. The molecule has 2 heterocycles. The third-order valence-electron chi connectivity index (χ3n) is 4.60. The zero-order valence-electron chi connectivity index (χ0n) is 13.8. The Morgan fingerprint density at radius 1 is 1.12 bits per heavy atom. The Hall–Kier alpha value is -2.53. The molecular weight excluding hydrogens is 330 g/mol. The molecule has 4 rings (SSSR count). The normalized spacial score (nSPS) is 14.6. The van der Waals surface area contributed by atoms with Crippen LogP contribution in [0.4, 0.5) is 0 Å². The van der Waals surface area contributed by atoms with Crippen molar-refractivity contribution in [1.29, 1.82) is 0 Å². The summed E-state index contributed by atoms with van der Waals surface area (Å²) in [5, 5.41) is 5.16. The van der Waals surface area contributed by atoms with Crippen LogP contribution in [0.2, 0.25) is 0 Å². The molecule has 0 radical (unpaired) electrons. The van der Waals surface area contributed by atoms with Crippen LogP contribution in [0.25, 0.3) is 0 Å². The molecule has 0 bridgehead atoms. The molecule has 1 aliphatic carbocycles. The summed E-state index contributed by atoms with van der Waals surface area (Å²) in [6.07, 6.45) is 9.39. The lowest BCUT2D eigenvalue weighted by Gasteiger charge is -2.22. The van der Waals surface area contributed by atoms with Crippen molar-refractivity contribution >= 4 is 17.2 Å². The van der Waals surface area contributed by atoms with Crippen LogP contribution in [0.3, 0.4) is 0 Å². The number of fused-ring (bicyclic) bond motifs is 1. The fourth-order valence-electron chi connectivity index (χ4n) is 3.33. The van der Waals surface area contributed by atoms with Crippen molar-refractivity contribution in [2.45, 2.75) is 31.7 Å². The van der Waals surface area contributed by atoms with Crippen molar-refractivity contribution in [3.05, 3.63) is 81.6 Å². The maximum absolute atomic E-state index is 12.6. The molecule has 0 saturated carbocycles. The fourth-order valence-corrected chi connectivity index (χ4v) is 4.13. The van der Waals surface area contributed by atoms with Crippen molar-refractivity contribution in [2.75, 3.05) is 0 Å². The van der Waals surface area contributed by atoms with Crippen LogP contribution in [-0.2, 0) is 12.8 Å². The standard InChI is InChI=1S/C20H19N3OS/c24-20(17-13-21-9-10-22-17)23-19(18-6-3-11-25-18)16-8-7-14-4-1-2-5-15(14)12-16/h3,6-13,19H,1-2,4-5H2,(H,23,24)/t19-/m1/s1. The molecule has 1 aromatic carbocycles. The molecule has 1 atom stereocenters. The van der Waals surface area contributed by atoms with Crippen LogP contribution in [0, 0.1) is 0 Å². The summed E-state index contributed by atoms with van der Waals surface area (Å²) in [5.41, 5.74) is 4.32. The predicted molar refractivity (Wildman–Crippen MR) is 98.7 cm³/mol. The maximum atomic E-state index is 12.6. The Balaban J connectivity index is 1.66. The van der Waals surface area contributed by atoms with Gasteiger partial charge in [-0.1, -0.05) is 24.3 Å². The van der Waals surface area contributed by atoms with Crippen LogP contribution < -0.4 is 5.32 Å². The van der Waals surface area contributed by atoms with Crippen molar-refractivity contribution in [3.8, 4) is 0 Å². The van der Waals surface area contributed by atoms with Gasteiger partial charge in [0, 0.05) is 17.3 Å². The zero-order chi connectivity index (χ0) is 17.1. The first-order valence-corrected chi connectivity index (χ1v) is 9.41. The van der Waals surface area contributed by atoms with Gasteiger partial charge in [-0.2, -0.15) is 0 Å². The minimum Gasteiger partial charge on any atom is -0.339 e. The number of aromatic nitrogens is 2. The average molecular weight is 349 g/mol. The highest BCUT2D eigenvalue weighted by molar-refractivity contribution is 7.10. The second-order valence-corrected chi connectivity index (χ2v) is 7.23. The first-order chi connectivity index (χ1) is 12.3. The molecule has 126 valence electrons. The van der Waals surface area contributed by atoms with Gasteiger partial charge in [0.15, 0.2) is 0 Å². The summed E-state index contributed by atoms with van der Waals surface area (Å²) in [7, 11) is 0. The van der Waals surface area contributed by atoms with Crippen molar-refractivity contribution in [3.63, 3.8) is 0 Å². The number of hydrogen-bond acceptors (Lipinski definition) is 4. The van der Waals surface area contributed by atoms with Gasteiger partial charge in [-0.25, -0.2) is 4.98 Å². The molecule has 0 aliphatic heterocycles. The monoisotopic (exact) mass is 349 g/mol. The van der Waals surface area contributed by atoms with Gasteiger partial charge in [0.05, 0.1) is 12.2 Å². The largest absolute Gasteiger partial charge is 0.339 e. The Labute approximate surface area is 151 Å². The summed E-state index contributed by atoms with van der Waals surface area (Å²) in [6, 6.07) is 10.5. The number of nitrogens with zero attached hydrogens (tertiary/aromatic N) is 2. The molecule has 1 N–H and O–H groups in total. The van der Waals surface area contributed by atoms with Crippen molar-refractivity contribution < 1.29 is 4.79 Å². The molecule has 3 aromatic rings.